The molecule has 1 rings (SSSR count). The SMILES string of the molecule is CC.Cc1ncc(C#CC(C)C)cn1.II. The fourth-order valence-corrected chi connectivity index (χ4v) is 0.685. The Bertz CT molecular complexity index is 310. The van der Waals surface area contributed by atoms with E-state index in [9.17, 15) is 0 Å². The van der Waals surface area contributed by atoms with Crippen molar-refractivity contribution in [3.8, 4) is 11.8 Å². The molecule has 0 saturated heterocycles. The van der Waals surface area contributed by atoms with Gasteiger partial charge in [-0.2, -0.15) is 0 Å². The lowest BCUT2D eigenvalue weighted by molar-refractivity contribution is 0.866. The normalized spacial score (nSPS) is 7.75. The molecule has 0 spiro atoms. The molecular weight excluding hydrogens is 426 g/mol. The monoisotopic (exact) mass is 444 g/mol. The molecule has 0 saturated carbocycles. The fourth-order valence-electron chi connectivity index (χ4n) is 0.685. The molecule has 4 heteroatoms. The Morgan fingerprint density at radius 2 is 1.56 bits per heavy atom. The number of hydrogen-bond donors (Lipinski definition) is 0. The van der Waals surface area contributed by atoms with Crippen LogP contribution in [0.2, 0.25) is 0 Å². The molecule has 0 aliphatic rings. The minimum absolute atomic E-state index is 0.395. The van der Waals surface area contributed by atoms with Crippen LogP contribution in [0.15, 0.2) is 12.4 Å². The molecule has 0 aromatic carbocycles. The molecule has 1 aromatic heterocycles. The summed E-state index contributed by atoms with van der Waals surface area (Å²) in [6, 6.07) is 0. The van der Waals surface area contributed by atoms with Gasteiger partial charge in [-0.3, -0.25) is 0 Å². The zero-order chi connectivity index (χ0) is 13.0. The maximum atomic E-state index is 4.04. The number of halogens is 2. The van der Waals surface area contributed by atoms with Crippen LogP contribution < -0.4 is 0 Å². The van der Waals surface area contributed by atoms with Gasteiger partial charge in [-0.05, 0) is 6.92 Å². The van der Waals surface area contributed by atoms with Crippen LogP contribution in [0.25, 0.3) is 0 Å². The molecule has 0 amide bonds. The van der Waals surface area contributed by atoms with Gasteiger partial charge in [-0.15, -0.1) is 0 Å². The van der Waals surface area contributed by atoms with E-state index in [0.29, 0.717) is 5.92 Å². The average molecular weight is 444 g/mol. The molecule has 0 fully saturated rings. The predicted octanol–water partition coefficient (Wildman–Crippen LogP) is 4.59. The molecule has 1 heterocycles. The molecule has 0 radical (unpaired) electrons. The first-order chi connectivity index (χ1) is 7.68. The van der Waals surface area contributed by atoms with Gasteiger partial charge in [-0.25, -0.2) is 9.97 Å². The summed E-state index contributed by atoms with van der Waals surface area (Å²) in [5.74, 6) is 7.22. The van der Waals surface area contributed by atoms with Crippen LogP contribution in [0.3, 0.4) is 0 Å². The van der Waals surface area contributed by atoms with Crippen molar-refractivity contribution in [3.05, 3.63) is 23.8 Å². The first-order valence-corrected chi connectivity index (χ1v) is 11.4. The highest BCUT2D eigenvalue weighted by Crippen LogP contribution is 1.94. The Morgan fingerprint density at radius 3 is 1.94 bits per heavy atom. The van der Waals surface area contributed by atoms with Crippen LogP contribution in [0.4, 0.5) is 0 Å². The maximum Gasteiger partial charge on any atom is 0.125 e. The van der Waals surface area contributed by atoms with Gasteiger partial charge in [0.2, 0.25) is 0 Å². The van der Waals surface area contributed by atoms with Crippen molar-refractivity contribution in [2.75, 3.05) is 0 Å². The van der Waals surface area contributed by atoms with E-state index in [1.165, 1.54) is 0 Å². The van der Waals surface area contributed by atoms with Gasteiger partial charge >= 0.3 is 0 Å². The summed E-state index contributed by atoms with van der Waals surface area (Å²) in [6.07, 6.45) is 3.50. The van der Waals surface area contributed by atoms with Crippen LogP contribution in [0, 0.1) is 24.7 Å². The molecule has 0 bridgehead atoms. The Labute approximate surface area is 122 Å². The van der Waals surface area contributed by atoms with Crippen molar-refractivity contribution in [3.63, 3.8) is 0 Å². The number of hydrogen-bond acceptors (Lipinski definition) is 2. The zero-order valence-corrected chi connectivity index (χ0v) is 14.7. The van der Waals surface area contributed by atoms with Gasteiger partial charge in [-0.1, -0.05) is 39.5 Å². The number of rotatable bonds is 0. The maximum absolute atomic E-state index is 4.04. The molecule has 0 unspecified atom stereocenters. The van der Waals surface area contributed by atoms with Crippen LogP contribution in [-0.2, 0) is 0 Å². The van der Waals surface area contributed by atoms with Gasteiger partial charge < -0.3 is 0 Å². The molecule has 0 aliphatic carbocycles. The molecule has 16 heavy (non-hydrogen) atoms. The summed E-state index contributed by atoms with van der Waals surface area (Å²) in [7, 11) is 0. The quantitative estimate of drug-likeness (QED) is 0.433. The van der Waals surface area contributed by atoms with Gasteiger partial charge in [0, 0.05) is 55.5 Å². The van der Waals surface area contributed by atoms with Crippen LogP contribution in [0.5, 0.6) is 0 Å². The minimum Gasteiger partial charge on any atom is -0.240 e. The Balaban J connectivity index is 0. The lowest BCUT2D eigenvalue weighted by Gasteiger charge is -1.91. The van der Waals surface area contributed by atoms with Crippen LogP contribution in [-0.4, -0.2) is 9.97 Å². The lowest BCUT2D eigenvalue weighted by atomic mass is 10.2. The molecule has 90 valence electrons. The summed E-state index contributed by atoms with van der Waals surface area (Å²) in [4.78, 5) is 8.09. The summed E-state index contributed by atoms with van der Waals surface area (Å²) < 4.78 is 0. The zero-order valence-electron chi connectivity index (χ0n) is 10.4. The van der Waals surface area contributed by atoms with Crippen molar-refractivity contribution in [2.24, 2.45) is 5.92 Å². The molecule has 0 atom stereocenters. The summed E-state index contributed by atoms with van der Waals surface area (Å²) in [6.45, 7) is 9.98. The Kier molecular flexibility index (Phi) is 15.2. The highest BCUT2D eigenvalue weighted by molar-refractivity contribution is 15.0. The minimum atomic E-state index is 0.395. The number of aromatic nitrogens is 2. The van der Waals surface area contributed by atoms with E-state index in [-0.39, 0.29) is 0 Å². The largest absolute Gasteiger partial charge is 0.240 e. The van der Waals surface area contributed by atoms with Crippen molar-refractivity contribution in [2.45, 2.75) is 34.6 Å². The smallest absolute Gasteiger partial charge is 0.125 e. The second-order valence-corrected chi connectivity index (χ2v) is 2.94. The highest BCUT2D eigenvalue weighted by Gasteiger charge is 1.88. The van der Waals surface area contributed by atoms with E-state index in [0.717, 1.165) is 11.4 Å². The summed E-state index contributed by atoms with van der Waals surface area (Å²) >= 11 is 4.24. The Hall–Kier alpha value is 0.1000. The second kappa shape index (κ2) is 13.2. The first kappa shape index (κ1) is 18.5. The topological polar surface area (TPSA) is 25.8 Å². The summed E-state index contributed by atoms with van der Waals surface area (Å²) in [5.41, 5.74) is 0.884. The van der Waals surface area contributed by atoms with E-state index in [1.54, 1.807) is 12.4 Å². The third-order valence-electron chi connectivity index (χ3n) is 1.29. The molecule has 0 aliphatic heterocycles. The molecule has 2 nitrogen and oxygen atoms in total. The second-order valence-electron chi connectivity index (χ2n) is 2.94. The van der Waals surface area contributed by atoms with Crippen molar-refractivity contribution in [1.29, 1.82) is 0 Å². The van der Waals surface area contributed by atoms with E-state index < -0.39 is 0 Å². The van der Waals surface area contributed by atoms with Gasteiger partial charge in [0.1, 0.15) is 5.82 Å². The predicted molar refractivity (Wildman–Crippen MR) is 87.9 cm³/mol. The van der Waals surface area contributed by atoms with Crippen LogP contribution in [0.1, 0.15) is 39.1 Å². The molecule has 1 aromatic rings. The number of nitrogens with zero attached hydrogens (tertiary/aromatic N) is 2. The third-order valence-corrected chi connectivity index (χ3v) is 1.29. The summed E-state index contributed by atoms with van der Waals surface area (Å²) in [5, 5.41) is 0. The van der Waals surface area contributed by atoms with Gasteiger partial charge in [0.15, 0.2) is 0 Å². The molecular formula is C12H18I2N2. The Morgan fingerprint density at radius 1 is 1.12 bits per heavy atom. The van der Waals surface area contributed by atoms with E-state index in [2.05, 4.69) is 72.9 Å². The fraction of sp³-hybridized carbons (Fsp3) is 0.500. The van der Waals surface area contributed by atoms with Gasteiger partial charge in [0.05, 0.1) is 5.56 Å². The van der Waals surface area contributed by atoms with Crippen molar-refractivity contribution < 1.29 is 0 Å². The first-order valence-electron chi connectivity index (χ1n) is 5.13. The van der Waals surface area contributed by atoms with Crippen LogP contribution >= 0.6 is 37.2 Å². The van der Waals surface area contributed by atoms with E-state index in [4.69, 9.17) is 0 Å². The molecule has 0 N–H and O–H groups in total. The number of aryl methyl sites for hydroxylation is 1. The highest BCUT2D eigenvalue weighted by atomic mass is 128. The van der Waals surface area contributed by atoms with Crippen molar-refractivity contribution in [1.82, 2.24) is 9.97 Å². The van der Waals surface area contributed by atoms with Crippen molar-refractivity contribution >= 4 is 37.2 Å². The van der Waals surface area contributed by atoms with E-state index in [1.807, 2.05) is 20.8 Å². The third kappa shape index (κ3) is 10.6. The lowest BCUT2D eigenvalue weighted by Crippen LogP contribution is -1.87. The van der Waals surface area contributed by atoms with E-state index >= 15 is 0 Å². The van der Waals surface area contributed by atoms with Gasteiger partial charge in [0.25, 0.3) is 0 Å². The standard InChI is InChI=1S/C10H12N2.C2H6.I2/c1-8(2)4-5-10-6-11-9(3)12-7-10;2*1-2/h6-8H,1-3H3;1-2H3;. The average Bonchev–Trinajstić information content (AvgIpc) is 2.33.